The lowest BCUT2D eigenvalue weighted by Crippen LogP contribution is -2.36. The van der Waals surface area contributed by atoms with Gasteiger partial charge in [0.25, 0.3) is 0 Å². The van der Waals surface area contributed by atoms with Gasteiger partial charge in [0.1, 0.15) is 5.82 Å². The van der Waals surface area contributed by atoms with E-state index in [0.717, 1.165) is 19.6 Å². The fourth-order valence-electron chi connectivity index (χ4n) is 2.53. The molecule has 1 unspecified atom stereocenters. The number of aryl methyl sites for hydroxylation is 1. The van der Waals surface area contributed by atoms with E-state index in [1.807, 2.05) is 13.2 Å². The van der Waals surface area contributed by atoms with E-state index in [-0.39, 0.29) is 0 Å². The average Bonchev–Trinajstić information content (AvgIpc) is 2.89. The van der Waals surface area contributed by atoms with E-state index in [1.54, 1.807) is 0 Å². The number of hydrogen-bond donors (Lipinski definition) is 1. The van der Waals surface area contributed by atoms with Crippen LogP contribution in [0, 0.1) is 0 Å². The first kappa shape index (κ1) is 11.6. The molecule has 0 amide bonds. The second kappa shape index (κ2) is 5.46. The van der Waals surface area contributed by atoms with Gasteiger partial charge in [0.05, 0.1) is 6.54 Å². The summed E-state index contributed by atoms with van der Waals surface area (Å²) >= 11 is 0. The molecular weight excluding hydrogens is 200 g/mol. The molecule has 1 N–H and O–H groups in total. The topological polar surface area (TPSA) is 33.1 Å². The Kier molecular flexibility index (Phi) is 3.96. The minimum atomic E-state index is 0.687. The van der Waals surface area contributed by atoms with Crippen LogP contribution < -0.4 is 5.32 Å². The van der Waals surface area contributed by atoms with E-state index in [0.29, 0.717) is 6.04 Å². The van der Waals surface area contributed by atoms with Crippen LogP contribution in [0.1, 0.15) is 25.6 Å². The van der Waals surface area contributed by atoms with Crippen molar-refractivity contribution in [1.82, 2.24) is 19.8 Å². The lowest BCUT2D eigenvalue weighted by atomic mass is 10.2. The zero-order chi connectivity index (χ0) is 11.4. The molecule has 0 spiro atoms. The lowest BCUT2D eigenvalue weighted by Gasteiger charge is -2.24. The van der Waals surface area contributed by atoms with Gasteiger partial charge in [0.15, 0.2) is 0 Å². The number of aromatic nitrogens is 2. The minimum Gasteiger partial charge on any atom is -0.334 e. The van der Waals surface area contributed by atoms with Gasteiger partial charge in [-0.1, -0.05) is 0 Å². The van der Waals surface area contributed by atoms with Gasteiger partial charge in [-0.15, -0.1) is 0 Å². The summed E-state index contributed by atoms with van der Waals surface area (Å²) in [4.78, 5) is 6.99. The van der Waals surface area contributed by atoms with Gasteiger partial charge in [-0.05, 0) is 33.4 Å². The van der Waals surface area contributed by atoms with E-state index in [1.165, 1.54) is 25.2 Å². The molecule has 0 radical (unpaired) electrons. The number of imidazole rings is 1. The standard InChI is InChI=1S/C12H22N4/c1-3-15-8-6-14-12(15)10-16-7-4-5-11(16)9-13-2/h6,8,11,13H,3-5,7,9-10H2,1-2H3. The smallest absolute Gasteiger partial charge is 0.122 e. The highest BCUT2D eigenvalue weighted by Crippen LogP contribution is 2.18. The van der Waals surface area contributed by atoms with Gasteiger partial charge in [0.2, 0.25) is 0 Å². The van der Waals surface area contributed by atoms with Crippen molar-refractivity contribution in [2.75, 3.05) is 20.1 Å². The molecule has 1 atom stereocenters. The average molecular weight is 222 g/mol. The van der Waals surface area contributed by atoms with Crippen LogP contribution in [0.4, 0.5) is 0 Å². The Morgan fingerprint density at radius 1 is 1.56 bits per heavy atom. The minimum absolute atomic E-state index is 0.687. The van der Waals surface area contributed by atoms with Crippen molar-refractivity contribution in [1.29, 1.82) is 0 Å². The van der Waals surface area contributed by atoms with Crippen LogP contribution in [0.5, 0.6) is 0 Å². The van der Waals surface area contributed by atoms with Crippen molar-refractivity contribution >= 4 is 0 Å². The molecule has 0 bridgehead atoms. The van der Waals surface area contributed by atoms with Crippen LogP contribution in [0.2, 0.25) is 0 Å². The molecule has 1 aliphatic heterocycles. The molecule has 0 aliphatic carbocycles. The van der Waals surface area contributed by atoms with E-state index in [4.69, 9.17) is 0 Å². The fraction of sp³-hybridized carbons (Fsp3) is 0.750. The van der Waals surface area contributed by atoms with Gasteiger partial charge < -0.3 is 9.88 Å². The third-order valence-corrected chi connectivity index (χ3v) is 3.43. The molecule has 0 aromatic carbocycles. The maximum absolute atomic E-state index is 4.45. The molecule has 2 rings (SSSR count). The molecule has 0 saturated carbocycles. The van der Waals surface area contributed by atoms with Gasteiger partial charge in [-0.25, -0.2) is 4.98 Å². The Morgan fingerprint density at radius 3 is 3.19 bits per heavy atom. The first-order valence-corrected chi connectivity index (χ1v) is 6.23. The van der Waals surface area contributed by atoms with Crippen LogP contribution in [0.3, 0.4) is 0 Å². The number of rotatable bonds is 5. The zero-order valence-electron chi connectivity index (χ0n) is 10.3. The molecule has 1 aliphatic rings. The van der Waals surface area contributed by atoms with Gasteiger partial charge in [-0.2, -0.15) is 0 Å². The molecule has 1 fully saturated rings. The number of nitrogens with one attached hydrogen (secondary N) is 1. The number of nitrogens with zero attached hydrogens (tertiary/aromatic N) is 3. The molecule has 1 saturated heterocycles. The van der Waals surface area contributed by atoms with E-state index >= 15 is 0 Å². The Balaban J connectivity index is 1.98. The summed E-state index contributed by atoms with van der Waals surface area (Å²) in [7, 11) is 2.03. The van der Waals surface area contributed by atoms with Crippen LogP contribution in [-0.4, -0.2) is 40.6 Å². The molecule has 1 aromatic rings. The van der Waals surface area contributed by atoms with Gasteiger partial charge in [0, 0.05) is 31.5 Å². The highest BCUT2D eigenvalue weighted by atomic mass is 15.2. The van der Waals surface area contributed by atoms with Gasteiger partial charge in [-0.3, -0.25) is 4.90 Å². The summed E-state index contributed by atoms with van der Waals surface area (Å²) in [6.45, 7) is 6.48. The quantitative estimate of drug-likeness (QED) is 0.809. The van der Waals surface area contributed by atoms with Crippen molar-refractivity contribution in [3.05, 3.63) is 18.2 Å². The highest BCUT2D eigenvalue weighted by molar-refractivity contribution is 4.94. The van der Waals surface area contributed by atoms with Crippen molar-refractivity contribution < 1.29 is 0 Å². The zero-order valence-corrected chi connectivity index (χ0v) is 10.3. The monoisotopic (exact) mass is 222 g/mol. The number of hydrogen-bond acceptors (Lipinski definition) is 3. The summed E-state index contributed by atoms with van der Waals surface area (Å²) in [6, 6.07) is 0.687. The fourth-order valence-corrected chi connectivity index (χ4v) is 2.53. The Bertz CT molecular complexity index is 321. The Morgan fingerprint density at radius 2 is 2.44 bits per heavy atom. The van der Waals surface area contributed by atoms with Crippen LogP contribution >= 0.6 is 0 Å². The SMILES string of the molecule is CCn1ccnc1CN1CCCC1CNC. The molecule has 4 nitrogen and oxygen atoms in total. The summed E-state index contributed by atoms with van der Waals surface area (Å²) in [5.74, 6) is 1.20. The van der Waals surface area contributed by atoms with Gasteiger partial charge >= 0.3 is 0 Å². The third-order valence-electron chi connectivity index (χ3n) is 3.43. The molecular formula is C12H22N4. The van der Waals surface area contributed by atoms with E-state index < -0.39 is 0 Å². The maximum Gasteiger partial charge on any atom is 0.122 e. The summed E-state index contributed by atoms with van der Waals surface area (Å²) in [5.41, 5.74) is 0. The number of likely N-dealkylation sites (tertiary alicyclic amines) is 1. The van der Waals surface area contributed by atoms with Crippen LogP contribution in [-0.2, 0) is 13.1 Å². The molecule has 4 heteroatoms. The van der Waals surface area contributed by atoms with Crippen molar-refractivity contribution in [3.8, 4) is 0 Å². The van der Waals surface area contributed by atoms with Crippen molar-refractivity contribution in [2.24, 2.45) is 0 Å². The van der Waals surface area contributed by atoms with Crippen molar-refractivity contribution in [3.63, 3.8) is 0 Å². The molecule has 2 heterocycles. The normalized spacial score (nSPS) is 21.8. The predicted molar refractivity (Wildman–Crippen MR) is 65.3 cm³/mol. The second-order valence-electron chi connectivity index (χ2n) is 4.45. The Hall–Kier alpha value is -0.870. The van der Waals surface area contributed by atoms with Crippen molar-refractivity contribution in [2.45, 2.75) is 38.9 Å². The molecule has 1 aromatic heterocycles. The second-order valence-corrected chi connectivity index (χ2v) is 4.45. The first-order valence-electron chi connectivity index (χ1n) is 6.23. The van der Waals surface area contributed by atoms with E-state index in [2.05, 4.69) is 32.9 Å². The highest BCUT2D eigenvalue weighted by Gasteiger charge is 2.24. The van der Waals surface area contributed by atoms with E-state index in [9.17, 15) is 0 Å². The molecule has 90 valence electrons. The summed E-state index contributed by atoms with van der Waals surface area (Å²) < 4.78 is 2.23. The largest absolute Gasteiger partial charge is 0.334 e. The van der Waals surface area contributed by atoms with Crippen LogP contribution in [0.25, 0.3) is 0 Å². The lowest BCUT2D eigenvalue weighted by molar-refractivity contribution is 0.233. The Labute approximate surface area is 97.7 Å². The third kappa shape index (κ3) is 2.44. The summed E-state index contributed by atoms with van der Waals surface area (Å²) in [6.07, 6.45) is 6.60. The number of likely N-dealkylation sites (N-methyl/N-ethyl adjacent to an activating group) is 1. The molecule has 16 heavy (non-hydrogen) atoms. The first-order chi connectivity index (χ1) is 7.85. The predicted octanol–water partition coefficient (Wildman–Crippen LogP) is 1.09. The summed E-state index contributed by atoms with van der Waals surface area (Å²) in [5, 5.41) is 3.28. The van der Waals surface area contributed by atoms with Crippen LogP contribution in [0.15, 0.2) is 12.4 Å². The maximum atomic E-state index is 4.45.